The Balaban J connectivity index is 1.86. The van der Waals surface area contributed by atoms with Crippen LogP contribution in [-0.4, -0.2) is 11.9 Å². The summed E-state index contributed by atoms with van der Waals surface area (Å²) in [6.45, 7) is 1.74. The first-order chi connectivity index (χ1) is 10.2. The van der Waals surface area contributed by atoms with Crippen molar-refractivity contribution in [2.45, 2.75) is 24.0 Å². The summed E-state index contributed by atoms with van der Waals surface area (Å²) in [5, 5.41) is 0. The Morgan fingerprint density at radius 3 is 2.90 bits per heavy atom. The Hall–Kier alpha value is -1.56. The van der Waals surface area contributed by atoms with Gasteiger partial charge >= 0.3 is 0 Å². The van der Waals surface area contributed by atoms with E-state index in [2.05, 4.69) is 5.43 Å². The Morgan fingerprint density at radius 2 is 2.14 bits per heavy atom. The van der Waals surface area contributed by atoms with Gasteiger partial charge < -0.3 is 4.74 Å². The number of nitrogens with two attached hydrogens (primary N) is 1. The van der Waals surface area contributed by atoms with Gasteiger partial charge in [0, 0.05) is 10.6 Å². The van der Waals surface area contributed by atoms with Gasteiger partial charge in [-0.15, -0.1) is 11.8 Å². The molecule has 0 bridgehead atoms. The predicted molar refractivity (Wildman–Crippen MR) is 82.8 cm³/mol. The zero-order valence-electron chi connectivity index (χ0n) is 11.7. The average Bonchev–Trinajstić information content (AvgIpc) is 2.51. The fourth-order valence-corrected chi connectivity index (χ4v) is 3.46. The van der Waals surface area contributed by atoms with Crippen molar-refractivity contribution < 1.29 is 9.13 Å². The van der Waals surface area contributed by atoms with E-state index in [-0.39, 0.29) is 18.0 Å². The molecule has 2 aromatic rings. The van der Waals surface area contributed by atoms with Crippen molar-refractivity contribution in [3.63, 3.8) is 0 Å². The summed E-state index contributed by atoms with van der Waals surface area (Å²) in [5.41, 5.74) is 4.18. The van der Waals surface area contributed by atoms with Crippen molar-refractivity contribution in [1.82, 2.24) is 5.43 Å². The van der Waals surface area contributed by atoms with Crippen LogP contribution in [0.25, 0.3) is 0 Å². The first kappa shape index (κ1) is 14.4. The summed E-state index contributed by atoms with van der Waals surface area (Å²) in [5.74, 6) is 7.08. The summed E-state index contributed by atoms with van der Waals surface area (Å²) in [7, 11) is 0. The number of fused-ring (bicyclic) bond motifs is 1. The Bertz CT molecular complexity index is 650. The van der Waals surface area contributed by atoms with Crippen LogP contribution in [0.3, 0.4) is 0 Å². The zero-order chi connectivity index (χ0) is 14.8. The molecule has 0 saturated heterocycles. The molecule has 2 aromatic carbocycles. The van der Waals surface area contributed by atoms with E-state index in [9.17, 15) is 4.39 Å². The molecule has 110 valence electrons. The van der Waals surface area contributed by atoms with E-state index in [1.807, 2.05) is 30.3 Å². The molecule has 3 rings (SSSR count). The topological polar surface area (TPSA) is 47.3 Å². The van der Waals surface area contributed by atoms with Gasteiger partial charge in [-0.3, -0.25) is 5.84 Å². The highest BCUT2D eigenvalue weighted by atomic mass is 32.2. The highest BCUT2D eigenvalue weighted by Gasteiger charge is 2.29. The molecule has 0 spiro atoms. The van der Waals surface area contributed by atoms with Gasteiger partial charge in [0.2, 0.25) is 0 Å². The van der Waals surface area contributed by atoms with Gasteiger partial charge in [0.1, 0.15) is 17.7 Å². The molecule has 0 fully saturated rings. The van der Waals surface area contributed by atoms with Crippen molar-refractivity contribution in [3.8, 4) is 5.75 Å². The summed E-state index contributed by atoms with van der Waals surface area (Å²) >= 11 is 1.73. The van der Waals surface area contributed by atoms with Gasteiger partial charge in [0.15, 0.2) is 0 Å². The number of benzene rings is 2. The second-order valence-electron chi connectivity index (χ2n) is 5.07. The van der Waals surface area contributed by atoms with Gasteiger partial charge in [-0.1, -0.05) is 24.3 Å². The monoisotopic (exact) mass is 304 g/mol. The van der Waals surface area contributed by atoms with Crippen LogP contribution in [0.5, 0.6) is 5.75 Å². The van der Waals surface area contributed by atoms with E-state index in [0.717, 1.165) is 22.0 Å². The number of hydrogen-bond donors (Lipinski definition) is 2. The fraction of sp³-hybridized carbons (Fsp3) is 0.250. The van der Waals surface area contributed by atoms with Crippen molar-refractivity contribution in [2.75, 3.05) is 5.75 Å². The molecule has 0 amide bonds. The van der Waals surface area contributed by atoms with E-state index >= 15 is 0 Å². The van der Waals surface area contributed by atoms with Crippen molar-refractivity contribution in [2.24, 2.45) is 5.84 Å². The summed E-state index contributed by atoms with van der Waals surface area (Å²) in [6.07, 6.45) is -0.142. The molecule has 1 aliphatic rings. The lowest BCUT2D eigenvalue weighted by Crippen LogP contribution is -2.42. The number of nitrogens with one attached hydrogen (secondary N) is 1. The minimum atomic E-state index is -0.249. The maximum atomic E-state index is 13.8. The lowest BCUT2D eigenvalue weighted by atomic mass is 10.0. The molecule has 21 heavy (non-hydrogen) atoms. The predicted octanol–water partition coefficient (Wildman–Crippen LogP) is 3.19. The Labute approximate surface area is 127 Å². The van der Waals surface area contributed by atoms with Crippen LogP contribution in [-0.2, 0) is 0 Å². The smallest absolute Gasteiger partial charge is 0.133 e. The fourth-order valence-electron chi connectivity index (χ4n) is 2.42. The quantitative estimate of drug-likeness (QED) is 0.675. The number of aryl methyl sites for hydroxylation is 1. The SMILES string of the molecule is Cc1ccc(C(NN)C2CSc3ccccc3O2)cc1F. The van der Waals surface area contributed by atoms with Gasteiger partial charge in [0.25, 0.3) is 0 Å². The molecule has 3 N–H and O–H groups in total. The number of thioether (sulfide) groups is 1. The third-order valence-corrected chi connectivity index (χ3v) is 4.78. The Morgan fingerprint density at radius 1 is 1.33 bits per heavy atom. The number of hydrazine groups is 1. The molecule has 0 radical (unpaired) electrons. The number of ether oxygens (including phenoxy) is 1. The second kappa shape index (κ2) is 6.05. The molecular formula is C16H17FN2OS. The van der Waals surface area contributed by atoms with E-state index in [0.29, 0.717) is 5.56 Å². The molecule has 3 nitrogen and oxygen atoms in total. The average molecular weight is 304 g/mol. The van der Waals surface area contributed by atoms with E-state index < -0.39 is 0 Å². The van der Waals surface area contributed by atoms with Crippen molar-refractivity contribution in [3.05, 3.63) is 59.4 Å². The van der Waals surface area contributed by atoms with E-state index in [4.69, 9.17) is 10.6 Å². The van der Waals surface area contributed by atoms with Gasteiger partial charge in [0.05, 0.1) is 6.04 Å². The lowest BCUT2D eigenvalue weighted by molar-refractivity contribution is 0.166. The Kier molecular flexibility index (Phi) is 4.14. The maximum Gasteiger partial charge on any atom is 0.133 e. The summed E-state index contributed by atoms with van der Waals surface area (Å²) < 4.78 is 19.8. The first-order valence-electron chi connectivity index (χ1n) is 6.79. The number of rotatable bonds is 3. The molecule has 2 unspecified atom stereocenters. The van der Waals surface area contributed by atoms with Crippen LogP contribution in [0.1, 0.15) is 17.2 Å². The normalized spacial score (nSPS) is 18.7. The van der Waals surface area contributed by atoms with Crippen LogP contribution < -0.4 is 16.0 Å². The van der Waals surface area contributed by atoms with Gasteiger partial charge in [-0.25, -0.2) is 9.82 Å². The first-order valence-corrected chi connectivity index (χ1v) is 7.78. The van der Waals surface area contributed by atoms with Crippen molar-refractivity contribution in [1.29, 1.82) is 0 Å². The molecule has 2 atom stereocenters. The van der Waals surface area contributed by atoms with Crippen LogP contribution in [0, 0.1) is 12.7 Å². The third kappa shape index (κ3) is 2.90. The highest BCUT2D eigenvalue weighted by molar-refractivity contribution is 7.99. The van der Waals surface area contributed by atoms with E-state index in [1.54, 1.807) is 24.8 Å². The lowest BCUT2D eigenvalue weighted by Gasteiger charge is -2.31. The molecule has 0 aromatic heterocycles. The van der Waals surface area contributed by atoms with Crippen LogP contribution in [0.15, 0.2) is 47.4 Å². The highest BCUT2D eigenvalue weighted by Crippen LogP contribution is 2.38. The number of hydrogen-bond acceptors (Lipinski definition) is 4. The maximum absolute atomic E-state index is 13.8. The third-order valence-electron chi connectivity index (χ3n) is 3.64. The van der Waals surface area contributed by atoms with E-state index in [1.165, 1.54) is 6.07 Å². The summed E-state index contributed by atoms with van der Waals surface area (Å²) in [4.78, 5) is 1.12. The molecule has 0 saturated carbocycles. The molecule has 0 aliphatic carbocycles. The minimum absolute atomic E-state index is 0.142. The zero-order valence-corrected chi connectivity index (χ0v) is 12.5. The second-order valence-corrected chi connectivity index (χ2v) is 6.13. The molecular weight excluding hydrogens is 287 g/mol. The molecule has 5 heteroatoms. The number of halogens is 1. The van der Waals surface area contributed by atoms with Crippen molar-refractivity contribution >= 4 is 11.8 Å². The van der Waals surface area contributed by atoms with Crippen LogP contribution in [0.2, 0.25) is 0 Å². The largest absolute Gasteiger partial charge is 0.486 e. The van der Waals surface area contributed by atoms with Gasteiger partial charge in [-0.05, 0) is 36.2 Å². The van der Waals surface area contributed by atoms with Crippen LogP contribution in [0.4, 0.5) is 4.39 Å². The number of para-hydroxylation sites is 1. The standard InChI is InChI=1S/C16H17FN2OS/c1-10-6-7-11(8-12(10)17)16(19-18)14-9-21-15-5-3-2-4-13(15)20-14/h2-8,14,16,19H,9,18H2,1H3. The summed E-state index contributed by atoms with van der Waals surface area (Å²) in [6, 6.07) is 12.8. The van der Waals surface area contributed by atoms with Gasteiger partial charge in [-0.2, -0.15) is 0 Å². The molecule has 1 aliphatic heterocycles. The van der Waals surface area contributed by atoms with Crippen LogP contribution >= 0.6 is 11.8 Å². The molecule has 1 heterocycles. The minimum Gasteiger partial charge on any atom is -0.486 e.